The molecule has 2 aliphatic carbocycles. The van der Waals surface area contributed by atoms with Gasteiger partial charge < -0.3 is 14.7 Å². The van der Waals surface area contributed by atoms with E-state index in [1.165, 1.54) is 25.1 Å². The third-order valence-corrected chi connectivity index (χ3v) is 7.36. The number of benzene rings is 1. The summed E-state index contributed by atoms with van der Waals surface area (Å²) in [6.07, 6.45) is 7.28. The Hall–Kier alpha value is -2.08. The van der Waals surface area contributed by atoms with Crippen LogP contribution in [0.1, 0.15) is 38.5 Å². The van der Waals surface area contributed by atoms with Gasteiger partial charge in [0.2, 0.25) is 5.91 Å². The van der Waals surface area contributed by atoms with Crippen LogP contribution in [0.15, 0.2) is 47.1 Å². The Labute approximate surface area is 187 Å². The van der Waals surface area contributed by atoms with Crippen molar-refractivity contribution in [2.45, 2.75) is 50.6 Å². The fourth-order valence-corrected chi connectivity index (χ4v) is 5.30. The number of para-hydroxylation sites is 1. The number of hydrogen-bond acceptors (Lipinski definition) is 4. The summed E-state index contributed by atoms with van der Waals surface area (Å²) in [5.41, 5.74) is 2.27. The van der Waals surface area contributed by atoms with Crippen molar-refractivity contribution in [1.82, 2.24) is 4.98 Å². The second-order valence-electron chi connectivity index (χ2n) is 8.95. The average Bonchev–Trinajstić information content (AvgIpc) is 3.60. The summed E-state index contributed by atoms with van der Waals surface area (Å²) in [5.74, 6) is 1.95. The number of halogens is 1. The zero-order valence-corrected chi connectivity index (χ0v) is 19.1. The predicted octanol–water partition coefficient (Wildman–Crippen LogP) is 4.85. The fraction of sp³-hybridized carbons (Fsp3) is 0.500. The Morgan fingerprint density at radius 1 is 1.03 bits per heavy atom. The van der Waals surface area contributed by atoms with Gasteiger partial charge in [-0.3, -0.25) is 4.79 Å². The van der Waals surface area contributed by atoms with Crippen LogP contribution in [0.3, 0.4) is 0 Å². The molecule has 2 heterocycles. The fourth-order valence-electron chi connectivity index (χ4n) is 5.00. The lowest BCUT2D eigenvalue weighted by Gasteiger charge is -2.44. The summed E-state index contributed by atoms with van der Waals surface area (Å²) in [6.45, 7) is 1.61. The van der Waals surface area contributed by atoms with E-state index in [1.807, 2.05) is 19.2 Å². The molecule has 0 spiro atoms. The van der Waals surface area contributed by atoms with Crippen LogP contribution in [-0.2, 0) is 4.79 Å². The van der Waals surface area contributed by atoms with E-state index >= 15 is 0 Å². The molecule has 2 aromatic rings. The largest absolute Gasteiger partial charge is 0.368 e. The minimum absolute atomic E-state index is 0.147. The molecule has 5 nitrogen and oxygen atoms in total. The van der Waals surface area contributed by atoms with Crippen LogP contribution in [0.2, 0.25) is 0 Å². The van der Waals surface area contributed by atoms with E-state index in [0.717, 1.165) is 47.7 Å². The minimum Gasteiger partial charge on any atom is -0.368 e. The molecule has 1 aromatic carbocycles. The summed E-state index contributed by atoms with van der Waals surface area (Å²) in [5, 5.41) is 0. The van der Waals surface area contributed by atoms with E-state index in [0.29, 0.717) is 18.6 Å². The number of likely N-dealkylation sites (N-methyl/N-ethyl adjacent to an activating group) is 1. The van der Waals surface area contributed by atoms with Crippen LogP contribution in [0.4, 0.5) is 17.2 Å². The number of pyridine rings is 1. The first kappa shape index (κ1) is 19.9. The average molecular weight is 469 g/mol. The molecule has 5 rings (SSSR count). The number of aromatic nitrogens is 1. The van der Waals surface area contributed by atoms with Crippen LogP contribution in [0.25, 0.3) is 0 Å². The van der Waals surface area contributed by atoms with Crippen LogP contribution in [0.5, 0.6) is 0 Å². The molecular formula is C24H29BrN4O. The van der Waals surface area contributed by atoms with Crippen molar-refractivity contribution in [2.24, 2.45) is 5.92 Å². The Morgan fingerprint density at radius 2 is 1.77 bits per heavy atom. The van der Waals surface area contributed by atoms with E-state index in [9.17, 15) is 4.79 Å². The molecule has 0 radical (unpaired) electrons. The van der Waals surface area contributed by atoms with E-state index in [4.69, 9.17) is 4.98 Å². The molecule has 2 fully saturated rings. The van der Waals surface area contributed by atoms with Gasteiger partial charge in [0, 0.05) is 31.4 Å². The molecule has 0 N–H and O–H groups in total. The van der Waals surface area contributed by atoms with Gasteiger partial charge >= 0.3 is 0 Å². The topological polar surface area (TPSA) is 39.7 Å². The van der Waals surface area contributed by atoms with Crippen molar-refractivity contribution in [2.75, 3.05) is 34.8 Å². The van der Waals surface area contributed by atoms with Crippen molar-refractivity contribution < 1.29 is 4.79 Å². The van der Waals surface area contributed by atoms with Crippen molar-refractivity contribution in [3.05, 3.63) is 47.1 Å². The summed E-state index contributed by atoms with van der Waals surface area (Å²) in [4.78, 5) is 24.0. The molecule has 0 unspecified atom stereocenters. The van der Waals surface area contributed by atoms with Gasteiger partial charge in [0.1, 0.15) is 4.60 Å². The number of fused-ring (bicyclic) bond motifs is 1. The quantitative estimate of drug-likeness (QED) is 0.587. The smallest absolute Gasteiger partial charge is 0.246 e. The zero-order valence-electron chi connectivity index (χ0n) is 17.5. The molecule has 1 aliphatic heterocycles. The molecule has 30 heavy (non-hydrogen) atoms. The highest BCUT2D eigenvalue weighted by Gasteiger charge is 2.36. The lowest BCUT2D eigenvalue weighted by atomic mass is 9.88. The van der Waals surface area contributed by atoms with Crippen LogP contribution >= 0.6 is 15.9 Å². The zero-order chi connectivity index (χ0) is 20.7. The highest BCUT2D eigenvalue weighted by molar-refractivity contribution is 9.10. The first-order valence-electron chi connectivity index (χ1n) is 11.1. The predicted molar refractivity (Wildman–Crippen MR) is 125 cm³/mol. The van der Waals surface area contributed by atoms with Gasteiger partial charge in [-0.25, -0.2) is 4.98 Å². The molecule has 0 saturated heterocycles. The number of rotatable bonds is 5. The second kappa shape index (κ2) is 8.22. The molecule has 1 aromatic heterocycles. The molecule has 6 heteroatoms. The number of nitrogens with zero attached hydrogens (tertiary/aromatic N) is 4. The highest BCUT2D eigenvalue weighted by Crippen LogP contribution is 2.39. The lowest BCUT2D eigenvalue weighted by Crippen LogP contribution is -2.51. The summed E-state index contributed by atoms with van der Waals surface area (Å²) < 4.78 is 0.822. The Bertz CT molecular complexity index is 909. The molecule has 3 aliphatic rings. The molecule has 2 saturated carbocycles. The molecule has 0 bridgehead atoms. The van der Waals surface area contributed by atoms with Crippen LogP contribution < -0.4 is 14.7 Å². The normalized spacial score (nSPS) is 24.0. The van der Waals surface area contributed by atoms with E-state index < -0.39 is 0 Å². The van der Waals surface area contributed by atoms with Crippen molar-refractivity contribution in [3.63, 3.8) is 0 Å². The third kappa shape index (κ3) is 3.94. The first-order chi connectivity index (χ1) is 14.6. The maximum absolute atomic E-state index is 12.6. The number of carbonyl (C=O) groups is 1. The maximum Gasteiger partial charge on any atom is 0.246 e. The van der Waals surface area contributed by atoms with Crippen LogP contribution in [-0.4, -0.2) is 43.1 Å². The van der Waals surface area contributed by atoms with Gasteiger partial charge in [0.25, 0.3) is 0 Å². The number of carbonyl (C=O) groups excluding carboxylic acids is 1. The van der Waals surface area contributed by atoms with Crippen molar-refractivity contribution >= 4 is 39.0 Å². The number of amides is 1. The van der Waals surface area contributed by atoms with Gasteiger partial charge in [-0.05, 0) is 84.6 Å². The SMILES string of the molecule is CN1C(=O)CN([C@H]2CC[C@H](N(CC3CC3)c3ccccc3)CC2)c2nc(Br)ccc21. The minimum atomic E-state index is 0.147. The van der Waals surface area contributed by atoms with Gasteiger partial charge in [-0.1, -0.05) is 18.2 Å². The van der Waals surface area contributed by atoms with Crippen molar-refractivity contribution in [3.8, 4) is 0 Å². The van der Waals surface area contributed by atoms with Gasteiger partial charge in [-0.15, -0.1) is 0 Å². The summed E-state index contributed by atoms with van der Waals surface area (Å²) in [6, 6.07) is 15.8. The van der Waals surface area contributed by atoms with Crippen LogP contribution in [0, 0.1) is 5.92 Å². The van der Waals surface area contributed by atoms with Gasteiger partial charge in [0.15, 0.2) is 5.82 Å². The number of anilines is 3. The molecule has 158 valence electrons. The Balaban J connectivity index is 1.32. The monoisotopic (exact) mass is 468 g/mol. The van der Waals surface area contributed by atoms with Gasteiger partial charge in [-0.2, -0.15) is 0 Å². The van der Waals surface area contributed by atoms with E-state index in [2.05, 4.69) is 56.1 Å². The summed E-state index contributed by atoms with van der Waals surface area (Å²) in [7, 11) is 1.85. The summed E-state index contributed by atoms with van der Waals surface area (Å²) >= 11 is 3.51. The molecule has 1 amide bonds. The highest BCUT2D eigenvalue weighted by atomic mass is 79.9. The lowest BCUT2D eigenvalue weighted by molar-refractivity contribution is -0.117. The maximum atomic E-state index is 12.6. The first-order valence-corrected chi connectivity index (χ1v) is 11.9. The Morgan fingerprint density at radius 3 is 2.47 bits per heavy atom. The third-order valence-electron chi connectivity index (χ3n) is 6.92. The van der Waals surface area contributed by atoms with Crippen molar-refractivity contribution in [1.29, 1.82) is 0 Å². The Kier molecular flexibility index (Phi) is 5.44. The standard InChI is InChI=1S/C24H29BrN4O/c1-27-21-13-14-22(25)26-24(21)29(16-23(27)30)20-11-9-19(10-12-20)28(15-17-7-8-17)18-5-3-2-4-6-18/h2-6,13-14,17,19-20H,7-12,15-16H2,1H3/t19-,20-. The molecular weight excluding hydrogens is 440 g/mol. The van der Waals surface area contributed by atoms with E-state index in [-0.39, 0.29) is 5.91 Å². The second-order valence-corrected chi connectivity index (χ2v) is 9.76. The number of hydrogen-bond donors (Lipinski definition) is 0. The molecule has 0 atom stereocenters. The van der Waals surface area contributed by atoms with E-state index in [1.54, 1.807) is 4.90 Å². The van der Waals surface area contributed by atoms with Gasteiger partial charge in [0.05, 0.1) is 12.2 Å².